The SMILES string of the molecule is Cc1ccccc1Sc1cccc(N(c2ccc3oc4ccccc4c3c2)c2ccccc2C)c1C. The van der Waals surface area contributed by atoms with Crippen LogP contribution < -0.4 is 4.90 Å². The van der Waals surface area contributed by atoms with Crippen molar-refractivity contribution in [1.29, 1.82) is 0 Å². The van der Waals surface area contributed by atoms with Gasteiger partial charge in [0.05, 0.1) is 5.69 Å². The van der Waals surface area contributed by atoms with Crippen LogP contribution in [-0.2, 0) is 0 Å². The first-order valence-corrected chi connectivity index (χ1v) is 13.0. The first-order chi connectivity index (χ1) is 17.6. The van der Waals surface area contributed by atoms with Gasteiger partial charge in [-0.25, -0.2) is 0 Å². The molecule has 0 saturated carbocycles. The molecule has 6 rings (SSSR count). The lowest BCUT2D eigenvalue weighted by Crippen LogP contribution is -2.13. The summed E-state index contributed by atoms with van der Waals surface area (Å²) in [5.74, 6) is 0. The lowest BCUT2D eigenvalue weighted by molar-refractivity contribution is 0.669. The molecule has 0 aliphatic heterocycles. The molecule has 0 aliphatic carbocycles. The average Bonchev–Trinajstić information content (AvgIpc) is 3.27. The van der Waals surface area contributed by atoms with Crippen molar-refractivity contribution in [2.75, 3.05) is 4.90 Å². The van der Waals surface area contributed by atoms with Crippen LogP contribution in [0.3, 0.4) is 0 Å². The van der Waals surface area contributed by atoms with E-state index in [1.165, 1.54) is 37.9 Å². The van der Waals surface area contributed by atoms with Crippen molar-refractivity contribution in [3.05, 3.63) is 126 Å². The maximum Gasteiger partial charge on any atom is 0.135 e. The number of nitrogens with zero attached hydrogens (tertiary/aromatic N) is 1. The van der Waals surface area contributed by atoms with Gasteiger partial charge in [-0.3, -0.25) is 0 Å². The van der Waals surface area contributed by atoms with Gasteiger partial charge >= 0.3 is 0 Å². The Morgan fingerprint density at radius 2 is 1.22 bits per heavy atom. The van der Waals surface area contributed by atoms with Gasteiger partial charge in [0, 0.05) is 31.9 Å². The summed E-state index contributed by atoms with van der Waals surface area (Å²) in [6, 6.07) is 38.5. The van der Waals surface area contributed by atoms with Gasteiger partial charge in [-0.1, -0.05) is 72.4 Å². The lowest BCUT2D eigenvalue weighted by atomic mass is 10.1. The van der Waals surface area contributed by atoms with Crippen molar-refractivity contribution in [2.24, 2.45) is 0 Å². The van der Waals surface area contributed by atoms with E-state index in [2.05, 4.69) is 123 Å². The number of anilines is 3. The molecule has 5 aromatic carbocycles. The molecule has 1 heterocycles. The molecule has 6 aromatic rings. The van der Waals surface area contributed by atoms with Crippen LogP contribution in [0.2, 0.25) is 0 Å². The quantitative estimate of drug-likeness (QED) is 0.242. The van der Waals surface area contributed by atoms with Crippen LogP contribution in [0.25, 0.3) is 21.9 Å². The molecule has 0 spiro atoms. The maximum absolute atomic E-state index is 6.12. The number of hydrogen-bond donors (Lipinski definition) is 0. The van der Waals surface area contributed by atoms with Gasteiger partial charge in [-0.15, -0.1) is 0 Å². The first kappa shape index (κ1) is 22.5. The Bertz CT molecular complexity index is 1710. The summed E-state index contributed by atoms with van der Waals surface area (Å²) in [5, 5.41) is 2.27. The molecule has 0 saturated heterocycles. The molecule has 1 aromatic heterocycles. The van der Waals surface area contributed by atoms with Crippen LogP contribution in [0, 0.1) is 20.8 Å². The highest BCUT2D eigenvalue weighted by atomic mass is 32.2. The largest absolute Gasteiger partial charge is 0.456 e. The number of hydrogen-bond acceptors (Lipinski definition) is 3. The van der Waals surface area contributed by atoms with Crippen LogP contribution in [0.4, 0.5) is 17.1 Å². The predicted octanol–water partition coefficient (Wildman–Crippen LogP) is 10.1. The number of benzene rings is 5. The van der Waals surface area contributed by atoms with E-state index in [9.17, 15) is 0 Å². The van der Waals surface area contributed by atoms with E-state index in [4.69, 9.17) is 4.42 Å². The maximum atomic E-state index is 6.12. The van der Waals surface area contributed by atoms with Crippen LogP contribution in [0.15, 0.2) is 123 Å². The predicted molar refractivity (Wildman–Crippen MR) is 153 cm³/mol. The molecule has 0 bridgehead atoms. The van der Waals surface area contributed by atoms with E-state index >= 15 is 0 Å². The van der Waals surface area contributed by atoms with Gasteiger partial charge in [-0.2, -0.15) is 0 Å². The molecule has 0 radical (unpaired) electrons. The van der Waals surface area contributed by atoms with Crippen molar-refractivity contribution in [3.63, 3.8) is 0 Å². The van der Waals surface area contributed by atoms with Crippen molar-refractivity contribution in [2.45, 2.75) is 30.6 Å². The summed E-state index contributed by atoms with van der Waals surface area (Å²) < 4.78 is 6.12. The second kappa shape index (κ2) is 9.25. The van der Waals surface area contributed by atoms with E-state index in [1.54, 1.807) is 0 Å². The van der Waals surface area contributed by atoms with Gasteiger partial charge in [0.15, 0.2) is 0 Å². The number of rotatable bonds is 5. The van der Waals surface area contributed by atoms with Gasteiger partial charge in [0.1, 0.15) is 11.2 Å². The average molecular weight is 486 g/mol. The smallest absolute Gasteiger partial charge is 0.135 e. The van der Waals surface area contributed by atoms with E-state index in [0.29, 0.717) is 0 Å². The Labute approximate surface area is 216 Å². The summed E-state index contributed by atoms with van der Waals surface area (Å²) in [5.41, 5.74) is 9.06. The van der Waals surface area contributed by atoms with Crippen molar-refractivity contribution < 1.29 is 4.42 Å². The minimum absolute atomic E-state index is 0.908. The molecule has 0 amide bonds. The minimum atomic E-state index is 0.908. The second-order valence-electron chi connectivity index (χ2n) is 9.17. The molecular formula is C33H27NOS. The van der Waals surface area contributed by atoms with Crippen molar-refractivity contribution in [3.8, 4) is 0 Å². The highest BCUT2D eigenvalue weighted by Crippen LogP contribution is 2.43. The Kier molecular flexibility index (Phi) is 5.79. The molecule has 2 nitrogen and oxygen atoms in total. The van der Waals surface area contributed by atoms with Crippen LogP contribution in [0.5, 0.6) is 0 Å². The molecule has 0 fully saturated rings. The van der Waals surface area contributed by atoms with Crippen LogP contribution in [-0.4, -0.2) is 0 Å². The summed E-state index contributed by atoms with van der Waals surface area (Å²) in [6.07, 6.45) is 0. The zero-order valence-corrected chi connectivity index (χ0v) is 21.5. The Morgan fingerprint density at radius 3 is 2.06 bits per heavy atom. The third kappa shape index (κ3) is 3.96. The monoisotopic (exact) mass is 485 g/mol. The van der Waals surface area contributed by atoms with Gasteiger partial charge in [0.2, 0.25) is 0 Å². The fourth-order valence-corrected chi connectivity index (χ4v) is 5.84. The zero-order chi connectivity index (χ0) is 24.6. The fourth-order valence-electron chi connectivity index (χ4n) is 4.82. The Balaban J connectivity index is 1.54. The highest BCUT2D eigenvalue weighted by Gasteiger charge is 2.19. The number of aryl methyl sites for hydroxylation is 2. The number of fused-ring (bicyclic) bond motifs is 3. The van der Waals surface area contributed by atoms with E-state index in [-0.39, 0.29) is 0 Å². The molecule has 0 unspecified atom stereocenters. The van der Waals surface area contributed by atoms with E-state index in [0.717, 1.165) is 27.6 Å². The molecular weight excluding hydrogens is 458 g/mol. The lowest BCUT2D eigenvalue weighted by Gasteiger charge is -2.29. The molecule has 0 N–H and O–H groups in total. The summed E-state index contributed by atoms with van der Waals surface area (Å²) in [6.45, 7) is 6.58. The Morgan fingerprint density at radius 1 is 0.556 bits per heavy atom. The fraction of sp³-hybridized carbons (Fsp3) is 0.0909. The van der Waals surface area contributed by atoms with Crippen LogP contribution >= 0.6 is 11.8 Å². The molecule has 0 aliphatic rings. The normalized spacial score (nSPS) is 11.3. The summed E-state index contributed by atoms with van der Waals surface area (Å²) in [4.78, 5) is 4.93. The van der Waals surface area contributed by atoms with Gasteiger partial charge in [-0.05, 0) is 86.0 Å². The van der Waals surface area contributed by atoms with E-state index in [1.807, 2.05) is 23.9 Å². The van der Waals surface area contributed by atoms with E-state index < -0.39 is 0 Å². The standard InChI is InChI=1S/C33H27NOS/c1-22-11-4-7-14-28(22)34(25-19-20-31-27(21-25)26-13-6-8-16-30(26)35-31)29-15-10-18-33(24(29)3)36-32-17-9-5-12-23(32)2/h4-21H,1-3H3. The molecule has 3 heteroatoms. The summed E-state index contributed by atoms with van der Waals surface area (Å²) >= 11 is 1.83. The van der Waals surface area contributed by atoms with Crippen molar-refractivity contribution >= 4 is 50.8 Å². The number of furan rings is 1. The minimum Gasteiger partial charge on any atom is -0.456 e. The topological polar surface area (TPSA) is 16.4 Å². The third-order valence-electron chi connectivity index (χ3n) is 6.78. The number of para-hydroxylation sites is 2. The summed E-state index contributed by atoms with van der Waals surface area (Å²) in [7, 11) is 0. The molecule has 0 atom stereocenters. The van der Waals surface area contributed by atoms with Crippen LogP contribution in [0.1, 0.15) is 16.7 Å². The Hall–Kier alpha value is -3.95. The highest BCUT2D eigenvalue weighted by molar-refractivity contribution is 7.99. The van der Waals surface area contributed by atoms with Crippen molar-refractivity contribution in [1.82, 2.24) is 0 Å². The first-order valence-electron chi connectivity index (χ1n) is 12.2. The third-order valence-corrected chi connectivity index (χ3v) is 8.12. The second-order valence-corrected chi connectivity index (χ2v) is 10.3. The molecule has 176 valence electrons. The van der Waals surface area contributed by atoms with Gasteiger partial charge < -0.3 is 9.32 Å². The zero-order valence-electron chi connectivity index (χ0n) is 20.7. The van der Waals surface area contributed by atoms with Gasteiger partial charge in [0.25, 0.3) is 0 Å². The molecule has 36 heavy (non-hydrogen) atoms.